The standard InChI is InChI=1S/C13H17F3N4O/c1-8-18-3-9(20(8)2)10(21)19-6-11-4-12(11,7-17-5-11)13(14,15)16/h3,17H,4-7H2,1-2H3,(H,19,21)/t11-,12-/m1/s1. The van der Waals surface area contributed by atoms with Crippen molar-refractivity contribution in [3.63, 3.8) is 0 Å². The Hall–Kier alpha value is -1.57. The van der Waals surface area contributed by atoms with E-state index < -0.39 is 17.0 Å². The summed E-state index contributed by atoms with van der Waals surface area (Å²) in [5, 5.41) is 5.43. The third-order valence-electron chi connectivity index (χ3n) is 5.00. The number of rotatable bonds is 3. The van der Waals surface area contributed by atoms with Crippen molar-refractivity contribution in [2.75, 3.05) is 19.6 Å². The highest BCUT2D eigenvalue weighted by atomic mass is 19.4. The van der Waals surface area contributed by atoms with Gasteiger partial charge in [0.15, 0.2) is 0 Å². The predicted octanol–water partition coefficient (Wildman–Crippen LogP) is 1.00. The van der Waals surface area contributed by atoms with Crippen LogP contribution in [0.1, 0.15) is 22.7 Å². The average Bonchev–Trinajstić information content (AvgIpc) is 2.73. The molecule has 0 unspecified atom stereocenters. The van der Waals surface area contributed by atoms with Crippen molar-refractivity contribution in [1.82, 2.24) is 20.2 Å². The van der Waals surface area contributed by atoms with Crippen LogP contribution in [0.2, 0.25) is 0 Å². The molecule has 0 radical (unpaired) electrons. The number of imidazole rings is 1. The third kappa shape index (κ3) is 1.88. The number of aromatic nitrogens is 2. The Balaban J connectivity index is 1.69. The lowest BCUT2D eigenvalue weighted by Gasteiger charge is -2.20. The molecule has 1 aliphatic heterocycles. The van der Waals surface area contributed by atoms with Gasteiger partial charge in [-0.2, -0.15) is 13.2 Å². The first kappa shape index (κ1) is 14.4. The molecule has 116 valence electrons. The maximum atomic E-state index is 13.2. The van der Waals surface area contributed by atoms with E-state index in [4.69, 9.17) is 0 Å². The number of hydrogen-bond donors (Lipinski definition) is 2. The van der Waals surface area contributed by atoms with Gasteiger partial charge in [-0.3, -0.25) is 4.79 Å². The van der Waals surface area contributed by atoms with Crippen molar-refractivity contribution < 1.29 is 18.0 Å². The zero-order valence-electron chi connectivity index (χ0n) is 11.8. The molecule has 2 heterocycles. The number of fused-ring (bicyclic) bond motifs is 1. The Kier molecular flexibility index (Phi) is 2.89. The van der Waals surface area contributed by atoms with Crippen LogP contribution in [0.4, 0.5) is 13.2 Å². The SMILES string of the molecule is Cc1ncc(C(=O)NC[C@@]23CNC[C@]2(C(F)(F)F)C3)n1C. The number of piperidine rings is 1. The zero-order valence-corrected chi connectivity index (χ0v) is 11.8. The monoisotopic (exact) mass is 302 g/mol. The van der Waals surface area contributed by atoms with Gasteiger partial charge in [0.05, 0.1) is 11.6 Å². The summed E-state index contributed by atoms with van der Waals surface area (Å²) in [7, 11) is 1.70. The molecule has 8 heteroatoms. The molecule has 0 aromatic carbocycles. The lowest BCUT2D eigenvalue weighted by molar-refractivity contribution is -0.190. The smallest absolute Gasteiger partial charge is 0.350 e. The Labute approximate surface area is 119 Å². The molecule has 0 bridgehead atoms. The quantitative estimate of drug-likeness (QED) is 0.876. The van der Waals surface area contributed by atoms with Gasteiger partial charge in [0, 0.05) is 32.1 Å². The van der Waals surface area contributed by atoms with Crippen LogP contribution in [0.15, 0.2) is 6.20 Å². The van der Waals surface area contributed by atoms with E-state index in [9.17, 15) is 18.0 Å². The lowest BCUT2D eigenvalue weighted by Crippen LogP contribution is -2.38. The molecule has 1 saturated carbocycles. The Morgan fingerprint density at radius 1 is 1.52 bits per heavy atom. The van der Waals surface area contributed by atoms with E-state index in [-0.39, 0.29) is 32.0 Å². The number of nitrogens with one attached hydrogen (secondary N) is 2. The van der Waals surface area contributed by atoms with Gasteiger partial charge >= 0.3 is 6.18 Å². The van der Waals surface area contributed by atoms with E-state index in [0.29, 0.717) is 11.5 Å². The largest absolute Gasteiger partial charge is 0.396 e. The van der Waals surface area contributed by atoms with Crippen molar-refractivity contribution in [2.45, 2.75) is 19.5 Å². The van der Waals surface area contributed by atoms with Gasteiger partial charge in [0.25, 0.3) is 5.91 Å². The molecule has 0 spiro atoms. The number of halogens is 3. The fourth-order valence-electron chi connectivity index (χ4n) is 3.38. The maximum absolute atomic E-state index is 13.2. The molecule has 1 aromatic rings. The van der Waals surface area contributed by atoms with Crippen LogP contribution in [-0.2, 0) is 7.05 Å². The van der Waals surface area contributed by atoms with Gasteiger partial charge in [0.2, 0.25) is 0 Å². The van der Waals surface area contributed by atoms with Crippen LogP contribution in [0.3, 0.4) is 0 Å². The van der Waals surface area contributed by atoms with Crippen LogP contribution in [0.5, 0.6) is 0 Å². The average molecular weight is 302 g/mol. The molecule has 2 aliphatic rings. The van der Waals surface area contributed by atoms with Crippen molar-refractivity contribution in [2.24, 2.45) is 17.9 Å². The summed E-state index contributed by atoms with van der Waals surface area (Å²) in [4.78, 5) is 16.1. The molecule has 3 rings (SSSR count). The molecular formula is C13H17F3N4O. The molecule has 21 heavy (non-hydrogen) atoms. The first-order valence-electron chi connectivity index (χ1n) is 6.76. The first-order chi connectivity index (χ1) is 9.72. The highest BCUT2D eigenvalue weighted by molar-refractivity contribution is 5.92. The topological polar surface area (TPSA) is 59.0 Å². The first-order valence-corrected chi connectivity index (χ1v) is 6.76. The second-order valence-corrected chi connectivity index (χ2v) is 6.07. The number of carbonyl (C=O) groups excluding carboxylic acids is 1. The Morgan fingerprint density at radius 3 is 2.76 bits per heavy atom. The van der Waals surface area contributed by atoms with Crippen molar-refractivity contribution >= 4 is 5.91 Å². The predicted molar refractivity (Wildman–Crippen MR) is 68.7 cm³/mol. The van der Waals surface area contributed by atoms with Gasteiger partial charge in [0.1, 0.15) is 11.5 Å². The summed E-state index contributed by atoms with van der Waals surface area (Å²) < 4.78 is 41.2. The summed E-state index contributed by atoms with van der Waals surface area (Å²) in [6.45, 7) is 2.02. The van der Waals surface area contributed by atoms with E-state index in [2.05, 4.69) is 15.6 Å². The van der Waals surface area contributed by atoms with E-state index in [1.54, 1.807) is 18.5 Å². The van der Waals surface area contributed by atoms with E-state index in [1.165, 1.54) is 6.20 Å². The highest BCUT2D eigenvalue weighted by Crippen LogP contribution is 2.72. The molecule has 2 N–H and O–H groups in total. The molecular weight excluding hydrogens is 285 g/mol. The molecule has 5 nitrogen and oxygen atoms in total. The normalized spacial score (nSPS) is 31.1. The minimum atomic E-state index is -4.23. The number of hydrogen-bond acceptors (Lipinski definition) is 3. The third-order valence-corrected chi connectivity index (χ3v) is 5.00. The van der Waals surface area contributed by atoms with Crippen LogP contribution in [-0.4, -0.2) is 41.3 Å². The molecule has 2 fully saturated rings. The van der Waals surface area contributed by atoms with Gasteiger partial charge in [-0.15, -0.1) is 0 Å². The highest BCUT2D eigenvalue weighted by Gasteiger charge is 2.81. The van der Waals surface area contributed by atoms with Gasteiger partial charge in [-0.05, 0) is 13.3 Å². The minimum absolute atomic E-state index is 0.0303. The number of alkyl halides is 3. The number of nitrogens with zero attached hydrogens (tertiary/aromatic N) is 2. The van der Waals surface area contributed by atoms with E-state index in [1.807, 2.05) is 0 Å². The van der Waals surface area contributed by atoms with Gasteiger partial charge in [-0.1, -0.05) is 0 Å². The molecule has 1 saturated heterocycles. The van der Waals surface area contributed by atoms with E-state index >= 15 is 0 Å². The Morgan fingerprint density at radius 2 is 2.24 bits per heavy atom. The van der Waals surface area contributed by atoms with Crippen LogP contribution in [0, 0.1) is 17.8 Å². The number of amides is 1. The summed E-state index contributed by atoms with van der Waals surface area (Å²) in [5.74, 6) is 0.291. The Bertz CT molecular complexity index is 597. The summed E-state index contributed by atoms with van der Waals surface area (Å²) in [6.07, 6.45) is -2.72. The van der Waals surface area contributed by atoms with Crippen molar-refractivity contribution in [3.8, 4) is 0 Å². The van der Waals surface area contributed by atoms with Gasteiger partial charge < -0.3 is 15.2 Å². The second-order valence-electron chi connectivity index (χ2n) is 6.07. The maximum Gasteiger partial charge on any atom is 0.396 e. The summed E-state index contributed by atoms with van der Waals surface area (Å²) >= 11 is 0. The molecule has 1 aromatic heterocycles. The van der Waals surface area contributed by atoms with Crippen molar-refractivity contribution in [3.05, 3.63) is 17.7 Å². The van der Waals surface area contributed by atoms with Crippen molar-refractivity contribution in [1.29, 1.82) is 0 Å². The lowest BCUT2D eigenvalue weighted by atomic mass is 9.95. The summed E-state index contributed by atoms with van der Waals surface area (Å²) in [5.41, 5.74) is -2.21. The second kappa shape index (κ2) is 4.22. The molecule has 1 aliphatic carbocycles. The number of carbonyl (C=O) groups is 1. The van der Waals surface area contributed by atoms with Crippen LogP contribution < -0.4 is 10.6 Å². The summed E-state index contributed by atoms with van der Waals surface area (Å²) in [6, 6.07) is 0. The van der Waals surface area contributed by atoms with Crippen LogP contribution in [0.25, 0.3) is 0 Å². The fraction of sp³-hybridized carbons (Fsp3) is 0.692. The zero-order chi connectivity index (χ0) is 15.5. The number of aryl methyl sites for hydroxylation is 1. The fourth-order valence-corrected chi connectivity index (χ4v) is 3.38. The van der Waals surface area contributed by atoms with Crippen LogP contribution >= 0.6 is 0 Å². The van der Waals surface area contributed by atoms with Gasteiger partial charge in [-0.25, -0.2) is 4.98 Å². The van der Waals surface area contributed by atoms with E-state index in [0.717, 1.165) is 0 Å². The molecule has 2 atom stereocenters. The molecule has 1 amide bonds. The minimum Gasteiger partial charge on any atom is -0.350 e.